The summed E-state index contributed by atoms with van der Waals surface area (Å²) in [7, 11) is 0. The lowest BCUT2D eigenvalue weighted by molar-refractivity contribution is 1.22. The molecule has 0 fully saturated rings. The fourth-order valence-corrected chi connectivity index (χ4v) is 1.74. The minimum atomic E-state index is 0.301. The number of hydrogen-bond acceptors (Lipinski definition) is 2. The molecule has 1 aromatic heterocycles. The fraction of sp³-hybridized carbons (Fsp3) is 0.167. The van der Waals surface area contributed by atoms with Crippen molar-refractivity contribution in [1.29, 1.82) is 5.26 Å². The van der Waals surface area contributed by atoms with E-state index in [1.807, 2.05) is 31.2 Å². The minimum Gasteiger partial charge on any atom is -0.236 e. The van der Waals surface area contributed by atoms with Gasteiger partial charge in [0.15, 0.2) is 0 Å². The molecule has 1 aromatic carbocycles. The number of aryl methyl sites for hydroxylation is 1. The van der Waals surface area contributed by atoms with Gasteiger partial charge in [0, 0.05) is 10.9 Å². The Morgan fingerprint density at radius 1 is 1.40 bits per heavy atom. The van der Waals surface area contributed by atoms with E-state index < -0.39 is 0 Å². The third kappa shape index (κ3) is 1.93. The van der Waals surface area contributed by atoms with Crippen LogP contribution in [0.15, 0.2) is 24.3 Å². The van der Waals surface area contributed by atoms with Crippen molar-refractivity contribution in [3.8, 4) is 6.07 Å². The molecule has 3 heteroatoms. The van der Waals surface area contributed by atoms with Gasteiger partial charge in [0.2, 0.25) is 0 Å². The zero-order valence-corrected chi connectivity index (χ0v) is 9.04. The molecule has 2 aromatic rings. The zero-order chi connectivity index (χ0) is 10.8. The first-order chi connectivity index (χ1) is 7.20. The van der Waals surface area contributed by atoms with Crippen LogP contribution in [0, 0.1) is 18.3 Å². The van der Waals surface area contributed by atoms with Gasteiger partial charge in [-0.15, -0.1) is 0 Å². The molecular formula is C12H9ClN2. The standard InChI is InChI=1S/C12H9ClN2/c1-8-2-3-11-10(6-8)7-9(4-5-14)12(13)15-11/h2-3,6-7H,4H2,1H3. The van der Waals surface area contributed by atoms with Crippen molar-refractivity contribution in [3.05, 3.63) is 40.5 Å². The first-order valence-electron chi connectivity index (χ1n) is 4.63. The van der Waals surface area contributed by atoms with E-state index in [1.54, 1.807) is 0 Å². The van der Waals surface area contributed by atoms with E-state index in [0.717, 1.165) is 16.5 Å². The van der Waals surface area contributed by atoms with Crippen LogP contribution in [0.4, 0.5) is 0 Å². The molecule has 0 saturated heterocycles. The Balaban J connectivity index is 2.67. The molecule has 0 atom stereocenters. The predicted molar refractivity (Wildman–Crippen MR) is 60.8 cm³/mol. The van der Waals surface area contributed by atoms with Crippen molar-refractivity contribution in [2.24, 2.45) is 0 Å². The summed E-state index contributed by atoms with van der Waals surface area (Å²) in [5.74, 6) is 0. The monoisotopic (exact) mass is 216 g/mol. The predicted octanol–water partition coefficient (Wildman–Crippen LogP) is 3.26. The Morgan fingerprint density at radius 2 is 2.20 bits per heavy atom. The van der Waals surface area contributed by atoms with E-state index in [1.165, 1.54) is 5.56 Å². The molecule has 0 spiro atoms. The number of benzene rings is 1. The summed E-state index contributed by atoms with van der Waals surface area (Å²) < 4.78 is 0. The topological polar surface area (TPSA) is 36.7 Å². The average Bonchev–Trinajstić information content (AvgIpc) is 2.20. The molecule has 0 radical (unpaired) electrons. The van der Waals surface area contributed by atoms with Crippen molar-refractivity contribution in [2.75, 3.05) is 0 Å². The molecule has 0 bridgehead atoms. The normalized spacial score (nSPS) is 10.2. The minimum absolute atomic E-state index is 0.301. The first kappa shape index (κ1) is 9.95. The van der Waals surface area contributed by atoms with Crippen molar-refractivity contribution in [2.45, 2.75) is 13.3 Å². The van der Waals surface area contributed by atoms with Gasteiger partial charge in [0.25, 0.3) is 0 Å². The second kappa shape index (κ2) is 3.88. The van der Waals surface area contributed by atoms with E-state index in [9.17, 15) is 0 Å². The van der Waals surface area contributed by atoms with Crippen LogP contribution in [0.25, 0.3) is 10.9 Å². The van der Waals surface area contributed by atoms with Gasteiger partial charge in [-0.25, -0.2) is 4.98 Å². The SMILES string of the molecule is Cc1ccc2nc(Cl)c(CC#N)cc2c1. The number of hydrogen-bond donors (Lipinski definition) is 0. The number of nitriles is 1. The second-order valence-corrected chi connectivity index (χ2v) is 3.83. The maximum Gasteiger partial charge on any atom is 0.134 e. The van der Waals surface area contributed by atoms with E-state index in [-0.39, 0.29) is 0 Å². The molecule has 0 aliphatic rings. The zero-order valence-electron chi connectivity index (χ0n) is 8.29. The number of rotatable bonds is 1. The van der Waals surface area contributed by atoms with Gasteiger partial charge in [-0.3, -0.25) is 0 Å². The lowest BCUT2D eigenvalue weighted by Gasteiger charge is -2.03. The largest absolute Gasteiger partial charge is 0.236 e. The van der Waals surface area contributed by atoms with Gasteiger partial charge >= 0.3 is 0 Å². The first-order valence-corrected chi connectivity index (χ1v) is 5.01. The number of nitrogens with zero attached hydrogens (tertiary/aromatic N) is 2. The number of fused-ring (bicyclic) bond motifs is 1. The van der Waals surface area contributed by atoms with E-state index in [2.05, 4.69) is 11.1 Å². The van der Waals surface area contributed by atoms with Crippen molar-refractivity contribution in [1.82, 2.24) is 4.98 Å². The molecular weight excluding hydrogens is 208 g/mol. The summed E-state index contributed by atoms with van der Waals surface area (Å²) in [5, 5.41) is 10.1. The maximum absolute atomic E-state index is 8.63. The second-order valence-electron chi connectivity index (χ2n) is 3.47. The molecule has 0 amide bonds. The molecule has 1 heterocycles. The molecule has 0 unspecified atom stereocenters. The lowest BCUT2D eigenvalue weighted by Crippen LogP contribution is -1.89. The van der Waals surface area contributed by atoms with Gasteiger partial charge < -0.3 is 0 Å². The fourth-order valence-electron chi connectivity index (χ4n) is 1.53. The third-order valence-corrected chi connectivity index (χ3v) is 2.59. The van der Waals surface area contributed by atoms with Crippen molar-refractivity contribution in [3.63, 3.8) is 0 Å². The lowest BCUT2D eigenvalue weighted by atomic mass is 10.1. The summed E-state index contributed by atoms with van der Waals surface area (Å²) >= 11 is 5.96. The summed E-state index contributed by atoms with van der Waals surface area (Å²) in [5.41, 5.74) is 2.83. The van der Waals surface area contributed by atoms with Crippen LogP contribution < -0.4 is 0 Å². The summed E-state index contributed by atoms with van der Waals surface area (Å²) in [4.78, 5) is 4.25. The van der Waals surface area contributed by atoms with E-state index in [0.29, 0.717) is 11.6 Å². The van der Waals surface area contributed by atoms with E-state index >= 15 is 0 Å². The van der Waals surface area contributed by atoms with Gasteiger partial charge in [-0.05, 0) is 25.1 Å². The van der Waals surface area contributed by atoms with Gasteiger partial charge in [0.05, 0.1) is 18.0 Å². The Hall–Kier alpha value is -1.59. The van der Waals surface area contributed by atoms with Crippen LogP contribution in [-0.2, 0) is 6.42 Å². The quantitative estimate of drug-likeness (QED) is 0.686. The number of aromatic nitrogens is 1. The highest BCUT2D eigenvalue weighted by atomic mass is 35.5. The van der Waals surface area contributed by atoms with Crippen LogP contribution >= 0.6 is 11.6 Å². The van der Waals surface area contributed by atoms with Crippen molar-refractivity contribution >= 4 is 22.5 Å². The Labute approximate surface area is 93.1 Å². The molecule has 0 saturated carbocycles. The van der Waals surface area contributed by atoms with Crippen LogP contribution in [0.2, 0.25) is 5.15 Å². The summed E-state index contributed by atoms with van der Waals surface area (Å²) in [6.07, 6.45) is 0.301. The number of pyridine rings is 1. The van der Waals surface area contributed by atoms with Crippen LogP contribution in [-0.4, -0.2) is 4.98 Å². The Kier molecular flexibility index (Phi) is 2.57. The number of halogens is 1. The van der Waals surface area contributed by atoms with E-state index in [4.69, 9.17) is 16.9 Å². The smallest absolute Gasteiger partial charge is 0.134 e. The maximum atomic E-state index is 8.63. The van der Waals surface area contributed by atoms with Crippen LogP contribution in [0.3, 0.4) is 0 Å². The van der Waals surface area contributed by atoms with Gasteiger partial charge in [0.1, 0.15) is 5.15 Å². The molecule has 0 N–H and O–H groups in total. The molecule has 2 nitrogen and oxygen atoms in total. The molecule has 74 valence electrons. The third-order valence-electron chi connectivity index (χ3n) is 2.27. The van der Waals surface area contributed by atoms with Crippen LogP contribution in [0.5, 0.6) is 0 Å². The summed E-state index contributed by atoms with van der Waals surface area (Å²) in [6.45, 7) is 2.03. The van der Waals surface area contributed by atoms with Crippen LogP contribution in [0.1, 0.15) is 11.1 Å². The molecule has 2 rings (SSSR count). The van der Waals surface area contributed by atoms with Crippen molar-refractivity contribution < 1.29 is 0 Å². The highest BCUT2D eigenvalue weighted by Gasteiger charge is 2.04. The Morgan fingerprint density at radius 3 is 2.93 bits per heavy atom. The Bertz CT molecular complexity index is 555. The highest BCUT2D eigenvalue weighted by molar-refractivity contribution is 6.30. The molecule has 0 aliphatic heterocycles. The summed E-state index contributed by atoms with van der Waals surface area (Å²) in [6, 6.07) is 9.99. The van der Waals surface area contributed by atoms with Gasteiger partial charge in [-0.1, -0.05) is 23.2 Å². The molecule has 0 aliphatic carbocycles. The molecule has 15 heavy (non-hydrogen) atoms. The van der Waals surface area contributed by atoms with Gasteiger partial charge in [-0.2, -0.15) is 5.26 Å². The highest BCUT2D eigenvalue weighted by Crippen LogP contribution is 2.21. The average molecular weight is 217 g/mol.